The molecule has 0 fully saturated rings. The third-order valence-corrected chi connectivity index (χ3v) is 9.95. The van der Waals surface area contributed by atoms with E-state index in [1.165, 1.54) is 0 Å². The lowest BCUT2D eigenvalue weighted by molar-refractivity contribution is -0.148. The van der Waals surface area contributed by atoms with Crippen LogP contribution in [0.2, 0.25) is 0 Å². The van der Waals surface area contributed by atoms with E-state index in [2.05, 4.69) is 25.0 Å². The van der Waals surface area contributed by atoms with Gasteiger partial charge in [0.05, 0.1) is 19.1 Å². The van der Waals surface area contributed by atoms with Crippen LogP contribution >= 0.6 is 7.29 Å². The molecule has 2 N–H and O–H groups in total. The van der Waals surface area contributed by atoms with E-state index < -0.39 is 31.2 Å². The van der Waals surface area contributed by atoms with Crippen LogP contribution in [0, 0.1) is 31.6 Å². The molecule has 0 aromatic heterocycles. The monoisotopic (exact) mass is 617 g/mol. The molecule has 3 atom stereocenters. The molecule has 0 radical (unpaired) electrons. The Bertz CT molecular complexity index is 1230. The molecule has 2 aromatic rings. The molecule has 0 aliphatic heterocycles. The number of aryl methyl sites for hydroxylation is 2. The van der Waals surface area contributed by atoms with E-state index in [-0.39, 0.29) is 43.5 Å². The number of hydrogen-bond donors (Lipinski definition) is 2. The Morgan fingerprint density at radius 2 is 1.47 bits per heavy atom. The van der Waals surface area contributed by atoms with E-state index in [1.807, 2.05) is 59.7 Å². The Labute approximate surface area is 258 Å². The molecule has 0 saturated carbocycles. The number of phenolic OH excluding ortho intramolecular Hbond substituents is 1. The number of rotatable bonds is 16. The molecule has 9 heteroatoms. The van der Waals surface area contributed by atoms with Crippen molar-refractivity contribution in [3.63, 3.8) is 0 Å². The highest BCUT2D eigenvalue weighted by molar-refractivity contribution is 7.61. The fraction of sp³-hybridized carbons (Fsp3) is 0.588. The summed E-state index contributed by atoms with van der Waals surface area (Å²) in [5.41, 5.74) is 5.22. The van der Waals surface area contributed by atoms with Gasteiger partial charge < -0.3 is 23.9 Å². The van der Waals surface area contributed by atoms with Gasteiger partial charge in [-0.1, -0.05) is 53.7 Å². The molecule has 0 saturated heterocycles. The molecule has 0 spiro atoms. The van der Waals surface area contributed by atoms with Crippen molar-refractivity contribution < 1.29 is 33.5 Å². The third kappa shape index (κ3) is 10.4. The van der Waals surface area contributed by atoms with Crippen molar-refractivity contribution in [1.82, 2.24) is 5.09 Å². The second-order valence-corrected chi connectivity index (χ2v) is 15.0. The summed E-state index contributed by atoms with van der Waals surface area (Å²) in [6.45, 7) is 19.5. The highest BCUT2D eigenvalue weighted by atomic mass is 31.2. The van der Waals surface area contributed by atoms with Gasteiger partial charge in [-0.2, -0.15) is 0 Å². The summed E-state index contributed by atoms with van der Waals surface area (Å²) in [4.78, 5) is 25.6. The number of esters is 2. The average Bonchev–Trinajstić information content (AvgIpc) is 2.92. The Morgan fingerprint density at radius 1 is 0.884 bits per heavy atom. The van der Waals surface area contributed by atoms with Crippen LogP contribution in [0.15, 0.2) is 30.3 Å². The van der Waals surface area contributed by atoms with Crippen molar-refractivity contribution in [2.24, 2.45) is 17.8 Å². The summed E-state index contributed by atoms with van der Waals surface area (Å²) in [5.74, 6) is -0.794. The van der Waals surface area contributed by atoms with E-state index in [0.29, 0.717) is 17.9 Å². The summed E-state index contributed by atoms with van der Waals surface area (Å²) in [6, 6.07) is 8.76. The van der Waals surface area contributed by atoms with Crippen LogP contribution in [0.5, 0.6) is 11.5 Å². The number of aromatic hydroxyl groups is 1. The van der Waals surface area contributed by atoms with Crippen LogP contribution < -0.4 is 9.82 Å². The second kappa shape index (κ2) is 16.3. The molecular weight excluding hydrogens is 565 g/mol. The number of nitrogens with one attached hydrogen (secondary N) is 1. The van der Waals surface area contributed by atoms with Gasteiger partial charge in [-0.25, -0.2) is 0 Å². The maximum absolute atomic E-state index is 14.6. The van der Waals surface area contributed by atoms with E-state index >= 15 is 0 Å². The molecule has 0 amide bonds. The first kappa shape index (κ1) is 36.4. The molecule has 0 aliphatic rings. The van der Waals surface area contributed by atoms with Crippen molar-refractivity contribution in [3.8, 4) is 11.5 Å². The summed E-state index contributed by atoms with van der Waals surface area (Å²) >= 11 is 0. The Balaban J connectivity index is 2.38. The average molecular weight is 618 g/mol. The lowest BCUT2D eigenvalue weighted by atomic mass is 9.93. The maximum Gasteiger partial charge on any atom is 0.323 e. The molecule has 43 heavy (non-hydrogen) atoms. The third-order valence-electron chi connectivity index (χ3n) is 7.67. The van der Waals surface area contributed by atoms with Crippen molar-refractivity contribution >= 4 is 19.2 Å². The Kier molecular flexibility index (Phi) is 13.8. The van der Waals surface area contributed by atoms with Crippen LogP contribution in [0.4, 0.5) is 0 Å². The number of hydrogen-bond acceptors (Lipinski definition) is 7. The summed E-state index contributed by atoms with van der Waals surface area (Å²) in [6.07, 6.45) is 0.483. The van der Waals surface area contributed by atoms with Gasteiger partial charge in [-0.15, -0.1) is 0 Å². The van der Waals surface area contributed by atoms with Gasteiger partial charge in [-0.3, -0.25) is 14.7 Å². The highest BCUT2D eigenvalue weighted by Crippen LogP contribution is 2.46. The van der Waals surface area contributed by atoms with Crippen molar-refractivity contribution in [3.05, 3.63) is 58.1 Å². The van der Waals surface area contributed by atoms with Crippen LogP contribution in [0.25, 0.3) is 0 Å². The van der Waals surface area contributed by atoms with E-state index in [0.717, 1.165) is 27.8 Å². The zero-order valence-corrected chi connectivity index (χ0v) is 28.5. The van der Waals surface area contributed by atoms with Gasteiger partial charge in [0.15, 0.2) is 13.6 Å². The van der Waals surface area contributed by atoms with Crippen molar-refractivity contribution in [1.29, 1.82) is 0 Å². The largest absolute Gasteiger partial charge is 0.508 e. The van der Waals surface area contributed by atoms with Crippen LogP contribution in [0.1, 0.15) is 89.1 Å². The topological polar surface area (TPSA) is 111 Å². The smallest absolute Gasteiger partial charge is 0.323 e. The van der Waals surface area contributed by atoms with Gasteiger partial charge >= 0.3 is 11.9 Å². The highest BCUT2D eigenvalue weighted by Gasteiger charge is 2.38. The normalized spacial score (nSPS) is 14.4. The van der Waals surface area contributed by atoms with Crippen molar-refractivity contribution in [2.45, 2.75) is 87.6 Å². The first-order valence-electron chi connectivity index (χ1n) is 15.4. The lowest BCUT2D eigenvalue weighted by Crippen LogP contribution is -2.43. The lowest BCUT2D eigenvalue weighted by Gasteiger charge is -2.30. The number of benzene rings is 2. The molecule has 0 heterocycles. The summed E-state index contributed by atoms with van der Waals surface area (Å²) < 4.78 is 31.3. The number of phenols is 1. The molecule has 0 bridgehead atoms. The van der Waals surface area contributed by atoms with E-state index in [9.17, 15) is 19.3 Å². The standard InChI is InChI=1S/C34H52NO7P/c1-11-40-33(37)30(22(5)6)19-43(39,35-32(23(7)8)34(38)41-12-2)20-42-27-15-24(9)29(25(10)16-27)18-26-13-14-31(36)28(17-26)21(3)4/h13-17,21-23,30,32,36H,11-12,18-20H2,1-10H3,(H,35,39)/t30?,32-,43?/m0/s1. The van der Waals surface area contributed by atoms with Crippen LogP contribution in [-0.2, 0) is 30.0 Å². The predicted octanol–water partition coefficient (Wildman–Crippen LogP) is 7.35. The van der Waals surface area contributed by atoms with Gasteiger partial charge in [0.1, 0.15) is 17.5 Å². The molecular formula is C34H52NO7P. The first-order valence-corrected chi connectivity index (χ1v) is 17.4. The predicted molar refractivity (Wildman–Crippen MR) is 172 cm³/mol. The quantitative estimate of drug-likeness (QED) is 0.149. The van der Waals surface area contributed by atoms with Gasteiger partial charge in [0.2, 0.25) is 0 Å². The zero-order chi connectivity index (χ0) is 32.5. The molecule has 8 nitrogen and oxygen atoms in total. The van der Waals surface area contributed by atoms with Gasteiger partial charge in [0, 0.05) is 6.16 Å². The van der Waals surface area contributed by atoms with Crippen LogP contribution in [0.3, 0.4) is 0 Å². The zero-order valence-electron chi connectivity index (χ0n) is 27.7. The van der Waals surface area contributed by atoms with E-state index in [1.54, 1.807) is 19.9 Å². The molecule has 240 valence electrons. The molecule has 0 aliphatic carbocycles. The summed E-state index contributed by atoms with van der Waals surface area (Å²) in [7, 11) is -3.47. The fourth-order valence-corrected chi connectivity index (χ4v) is 7.86. The summed E-state index contributed by atoms with van der Waals surface area (Å²) in [5, 5.41) is 13.3. The number of ether oxygens (including phenoxy) is 3. The Morgan fingerprint density at radius 3 is 1.98 bits per heavy atom. The SMILES string of the molecule is CCOC(=O)C(CP(=O)(COc1cc(C)c(Cc2ccc(O)c(C(C)C)c2)c(C)c1)N[C@H](C(=O)OCC)C(C)C)C(C)C. The minimum Gasteiger partial charge on any atom is -0.508 e. The number of carbonyl (C=O) groups is 2. The van der Waals surface area contributed by atoms with Crippen LogP contribution in [-0.4, -0.2) is 48.8 Å². The molecule has 2 aromatic carbocycles. The maximum atomic E-state index is 14.6. The minimum absolute atomic E-state index is 0.0127. The van der Waals surface area contributed by atoms with E-state index in [4.69, 9.17) is 14.2 Å². The molecule has 2 rings (SSSR count). The first-order chi connectivity index (χ1) is 20.1. The van der Waals surface area contributed by atoms with Gasteiger partial charge in [-0.05, 0) is 97.9 Å². The van der Waals surface area contributed by atoms with Crippen molar-refractivity contribution in [2.75, 3.05) is 25.7 Å². The molecule has 2 unspecified atom stereocenters. The minimum atomic E-state index is -3.47. The number of carbonyl (C=O) groups excluding carboxylic acids is 2. The fourth-order valence-electron chi connectivity index (χ4n) is 5.10. The van der Waals surface area contributed by atoms with Gasteiger partial charge in [0.25, 0.3) is 0 Å². The second-order valence-electron chi connectivity index (χ2n) is 12.3. The Hall–Kier alpha value is -2.83.